The summed E-state index contributed by atoms with van der Waals surface area (Å²) in [4.78, 5) is 24.3. The molecule has 2 fully saturated rings. The van der Waals surface area contributed by atoms with Gasteiger partial charge in [0.1, 0.15) is 11.5 Å². The third kappa shape index (κ3) is 9.47. The normalized spacial score (nSPS) is 18.3. The van der Waals surface area contributed by atoms with Crippen molar-refractivity contribution in [2.45, 2.75) is 44.9 Å². The number of hydrazine groups is 1. The highest BCUT2D eigenvalue weighted by Crippen LogP contribution is 2.43. The number of ether oxygens (including phenoxy) is 1. The van der Waals surface area contributed by atoms with Crippen molar-refractivity contribution in [3.05, 3.63) is 118 Å². The second-order valence-electron chi connectivity index (χ2n) is 17.0. The Morgan fingerprint density at radius 1 is 0.881 bits per heavy atom. The molecule has 0 saturated carbocycles. The molecule has 2 saturated heterocycles. The van der Waals surface area contributed by atoms with Gasteiger partial charge in [0.15, 0.2) is 0 Å². The summed E-state index contributed by atoms with van der Waals surface area (Å²) in [6.07, 6.45) is 5.13. The van der Waals surface area contributed by atoms with Gasteiger partial charge in [-0.2, -0.15) is 0 Å². The Kier molecular flexibility index (Phi) is 11.8. The summed E-state index contributed by atoms with van der Waals surface area (Å²) in [6.45, 7) is 14.4. The summed E-state index contributed by atoms with van der Waals surface area (Å²) in [5.74, 6) is 0.0641. The van der Waals surface area contributed by atoms with E-state index < -0.39 is 15.9 Å². The van der Waals surface area contributed by atoms with Crippen LogP contribution in [0.15, 0.2) is 102 Å². The van der Waals surface area contributed by atoms with Gasteiger partial charge in [-0.3, -0.25) is 9.69 Å². The number of allylic oxidation sites excluding steroid dienone is 1. The van der Waals surface area contributed by atoms with Crippen LogP contribution in [0.2, 0.25) is 5.02 Å². The van der Waals surface area contributed by atoms with Crippen LogP contribution in [-0.2, 0) is 10.0 Å². The fourth-order valence-electron chi connectivity index (χ4n) is 8.40. The molecule has 0 radical (unpaired) electrons. The number of piperazine rings is 2. The fourth-order valence-corrected chi connectivity index (χ4v) is 9.57. The first-order valence-corrected chi connectivity index (χ1v) is 22.4. The highest BCUT2D eigenvalue weighted by molar-refractivity contribution is 7.90. The smallest absolute Gasteiger partial charge is 0.268 e. The van der Waals surface area contributed by atoms with Gasteiger partial charge >= 0.3 is 0 Å². The summed E-state index contributed by atoms with van der Waals surface area (Å²) < 4.78 is 36.3. The number of aromatic nitrogens is 1. The molecule has 0 unspecified atom stereocenters. The molecular formula is C46H54ClN7O4S. The average Bonchev–Trinajstić information content (AvgIpc) is 3.71. The van der Waals surface area contributed by atoms with Crippen molar-refractivity contribution in [2.75, 3.05) is 76.3 Å². The maximum absolute atomic E-state index is 14.0. The van der Waals surface area contributed by atoms with Gasteiger partial charge in [0.2, 0.25) is 0 Å². The number of anilines is 2. The number of hydrogen-bond acceptors (Lipinski definition) is 9. The van der Waals surface area contributed by atoms with Crippen LogP contribution in [0, 0.1) is 12.3 Å². The Morgan fingerprint density at radius 2 is 1.64 bits per heavy atom. The van der Waals surface area contributed by atoms with Crippen molar-refractivity contribution in [1.29, 1.82) is 0 Å². The minimum absolute atomic E-state index is 0.00863. The quantitative estimate of drug-likeness (QED) is 0.121. The predicted octanol–water partition coefficient (Wildman–Crippen LogP) is 8.40. The van der Waals surface area contributed by atoms with Gasteiger partial charge in [-0.05, 0) is 116 Å². The van der Waals surface area contributed by atoms with E-state index in [-0.39, 0.29) is 21.6 Å². The Morgan fingerprint density at radius 3 is 2.39 bits per heavy atom. The molecule has 8 rings (SSSR count). The monoisotopic (exact) mass is 835 g/mol. The number of carbonyl (C=O) groups excluding carboxylic acids is 1. The third-order valence-electron chi connectivity index (χ3n) is 12.0. The second-order valence-corrected chi connectivity index (χ2v) is 19.1. The van der Waals surface area contributed by atoms with Gasteiger partial charge in [-0.15, -0.1) is 0 Å². The van der Waals surface area contributed by atoms with E-state index in [0.717, 1.165) is 105 Å². The molecule has 59 heavy (non-hydrogen) atoms. The highest BCUT2D eigenvalue weighted by Gasteiger charge is 2.30. The lowest BCUT2D eigenvalue weighted by Crippen LogP contribution is -2.47. The number of likely N-dealkylation sites (N-methyl/N-ethyl adjacent to an activating group) is 1. The van der Waals surface area contributed by atoms with E-state index in [4.69, 9.17) is 16.3 Å². The Hall–Kier alpha value is -4.85. The maximum atomic E-state index is 14.0. The summed E-state index contributed by atoms with van der Waals surface area (Å²) in [5.41, 5.74) is 11.4. The van der Waals surface area contributed by atoms with E-state index in [1.165, 1.54) is 29.2 Å². The standard InChI is InChI=1S/C46H54ClN7O4S/c1-32-28-37(13-15-41(32)49-54-26-20-51(4)21-27-54)59(56,57)50-45(55)39-14-12-36(29-44(39)58-43-7-5-6-42-38(43)17-19-48-42)53-24-22-52(23-25-53)31-34-16-18-46(2,3)30-40(34)33-8-10-35(47)11-9-33/h5-15,17,19,28-29,48-49H,16,18,20-27,30-31H2,1-4H3,(H,50,55). The maximum Gasteiger partial charge on any atom is 0.268 e. The summed E-state index contributed by atoms with van der Waals surface area (Å²) in [7, 11) is -2.12. The number of carbonyl (C=O) groups is 1. The van der Waals surface area contributed by atoms with Gasteiger partial charge in [0.05, 0.1) is 16.1 Å². The second kappa shape index (κ2) is 17.0. The molecule has 0 spiro atoms. The number of aromatic amines is 1. The van der Waals surface area contributed by atoms with Crippen molar-refractivity contribution in [1.82, 2.24) is 24.5 Å². The molecular weight excluding hydrogens is 782 g/mol. The van der Waals surface area contributed by atoms with Crippen molar-refractivity contribution >= 4 is 55.4 Å². The van der Waals surface area contributed by atoms with E-state index in [1.54, 1.807) is 18.2 Å². The number of hydrogen-bond donors (Lipinski definition) is 3. The van der Waals surface area contributed by atoms with Crippen LogP contribution in [0.5, 0.6) is 11.5 Å². The molecule has 1 aromatic heterocycles. The number of rotatable bonds is 11. The van der Waals surface area contributed by atoms with Gasteiger partial charge in [-0.1, -0.05) is 49.2 Å². The Labute approximate surface area is 353 Å². The summed E-state index contributed by atoms with van der Waals surface area (Å²) >= 11 is 6.25. The van der Waals surface area contributed by atoms with Crippen LogP contribution in [0.1, 0.15) is 54.6 Å². The first kappa shape index (κ1) is 40.9. The van der Waals surface area contributed by atoms with Crippen LogP contribution in [-0.4, -0.2) is 100 Å². The zero-order valence-corrected chi connectivity index (χ0v) is 35.9. The summed E-state index contributed by atoms with van der Waals surface area (Å²) in [6, 6.07) is 26.1. The minimum atomic E-state index is -4.22. The number of amides is 1. The van der Waals surface area contributed by atoms with Gasteiger partial charge in [0, 0.05) is 92.8 Å². The Bertz CT molecular complexity index is 2470. The molecule has 5 aromatic rings. The van der Waals surface area contributed by atoms with Gasteiger partial charge < -0.3 is 24.9 Å². The molecule has 11 nitrogen and oxygen atoms in total. The molecule has 4 aromatic carbocycles. The molecule has 2 aliphatic heterocycles. The molecule has 1 aliphatic carbocycles. The van der Waals surface area contributed by atoms with E-state index in [9.17, 15) is 13.2 Å². The SMILES string of the molecule is Cc1cc(S(=O)(=O)NC(=O)c2ccc(N3CCN(CC4=C(c5ccc(Cl)cc5)CC(C)(C)CC4)CC3)cc2Oc2cccc3[nH]ccc23)ccc1NN1CCN(C)CC1. The van der Waals surface area contributed by atoms with Crippen molar-refractivity contribution in [3.63, 3.8) is 0 Å². The molecule has 1 amide bonds. The largest absolute Gasteiger partial charge is 0.456 e. The van der Waals surface area contributed by atoms with E-state index in [0.29, 0.717) is 5.75 Å². The number of fused-ring (bicyclic) bond motifs is 1. The minimum Gasteiger partial charge on any atom is -0.456 e. The number of benzene rings is 4. The van der Waals surface area contributed by atoms with Crippen LogP contribution in [0.25, 0.3) is 16.5 Å². The average molecular weight is 837 g/mol. The third-order valence-corrected chi connectivity index (χ3v) is 13.6. The van der Waals surface area contributed by atoms with E-state index >= 15 is 0 Å². The number of nitrogens with one attached hydrogen (secondary N) is 3. The number of sulfonamides is 1. The first-order valence-electron chi connectivity index (χ1n) is 20.5. The van der Waals surface area contributed by atoms with Gasteiger partial charge in [0.25, 0.3) is 15.9 Å². The molecule has 13 heteroatoms. The van der Waals surface area contributed by atoms with Crippen LogP contribution in [0.4, 0.5) is 11.4 Å². The molecule has 3 aliphatic rings. The lowest BCUT2D eigenvalue weighted by atomic mass is 9.72. The lowest BCUT2D eigenvalue weighted by molar-refractivity contribution is 0.0979. The molecule has 3 heterocycles. The Balaban J connectivity index is 1.000. The number of H-pyrrole nitrogens is 1. The molecule has 0 bridgehead atoms. The molecule has 0 atom stereocenters. The van der Waals surface area contributed by atoms with Crippen LogP contribution in [0.3, 0.4) is 0 Å². The van der Waals surface area contributed by atoms with Crippen molar-refractivity contribution in [2.24, 2.45) is 5.41 Å². The molecule has 3 N–H and O–H groups in total. The topological polar surface area (TPSA) is 113 Å². The zero-order chi connectivity index (χ0) is 41.3. The predicted molar refractivity (Wildman–Crippen MR) is 238 cm³/mol. The van der Waals surface area contributed by atoms with E-state index in [2.05, 4.69) is 67.9 Å². The van der Waals surface area contributed by atoms with Crippen LogP contribution >= 0.6 is 11.6 Å². The highest BCUT2D eigenvalue weighted by atomic mass is 35.5. The fraction of sp³-hybridized carbons (Fsp3) is 0.370. The zero-order valence-electron chi connectivity index (χ0n) is 34.4. The lowest BCUT2D eigenvalue weighted by Gasteiger charge is -2.39. The first-order chi connectivity index (χ1) is 28.3. The summed E-state index contributed by atoms with van der Waals surface area (Å²) in [5, 5.41) is 3.73. The van der Waals surface area contributed by atoms with Crippen LogP contribution < -0.4 is 19.8 Å². The van der Waals surface area contributed by atoms with Crippen molar-refractivity contribution in [3.8, 4) is 11.5 Å². The molecule has 310 valence electrons. The number of aryl methyl sites for hydroxylation is 1. The number of halogens is 1. The number of nitrogens with zero attached hydrogens (tertiary/aromatic N) is 4. The van der Waals surface area contributed by atoms with Crippen molar-refractivity contribution < 1.29 is 17.9 Å². The van der Waals surface area contributed by atoms with E-state index in [1.807, 2.05) is 61.7 Å². The van der Waals surface area contributed by atoms with Gasteiger partial charge in [-0.25, -0.2) is 18.1 Å².